The number of H-pyrrole nitrogens is 1. The molecule has 4 rings (SSSR count). The first-order valence-electron chi connectivity index (χ1n) is 11.5. The molecule has 3 aromatic carbocycles. The predicted molar refractivity (Wildman–Crippen MR) is 139 cm³/mol. The molecule has 0 saturated carbocycles. The minimum absolute atomic E-state index is 0.211. The third-order valence-corrected chi connectivity index (χ3v) is 5.92. The van der Waals surface area contributed by atoms with Gasteiger partial charge in [-0.05, 0) is 59.5 Å². The van der Waals surface area contributed by atoms with Crippen molar-refractivity contribution < 1.29 is 24.5 Å². The number of fused-ring (bicyclic) bond motifs is 1. The summed E-state index contributed by atoms with van der Waals surface area (Å²) in [5, 5.41) is 23.2. The van der Waals surface area contributed by atoms with Gasteiger partial charge >= 0.3 is 0 Å². The van der Waals surface area contributed by atoms with Crippen molar-refractivity contribution in [1.29, 1.82) is 0 Å². The van der Waals surface area contributed by atoms with Gasteiger partial charge in [0, 0.05) is 28.2 Å². The number of methoxy groups -OCH3 is 2. The zero-order valence-corrected chi connectivity index (χ0v) is 20.2. The highest BCUT2D eigenvalue weighted by Crippen LogP contribution is 2.33. The SMILES string of the molecule is COc1ccc(-c2cc(C#CCO)cc(C(=O)N[C@@H](CO)Cc3c[nH]c4ccccc34)c2)cc1OC. The monoisotopic (exact) mass is 484 g/mol. The van der Waals surface area contributed by atoms with E-state index < -0.39 is 6.04 Å². The summed E-state index contributed by atoms with van der Waals surface area (Å²) in [5.74, 6) is 6.35. The molecule has 7 nitrogen and oxygen atoms in total. The van der Waals surface area contributed by atoms with Crippen molar-refractivity contribution in [3.05, 3.63) is 83.6 Å². The molecule has 4 aromatic rings. The molecule has 7 heteroatoms. The van der Waals surface area contributed by atoms with E-state index >= 15 is 0 Å². The molecule has 1 aromatic heterocycles. The highest BCUT2D eigenvalue weighted by molar-refractivity contribution is 5.96. The lowest BCUT2D eigenvalue weighted by atomic mass is 9.98. The predicted octanol–water partition coefficient (Wildman–Crippen LogP) is 3.53. The number of hydrogen-bond acceptors (Lipinski definition) is 5. The largest absolute Gasteiger partial charge is 0.493 e. The maximum Gasteiger partial charge on any atom is 0.251 e. The van der Waals surface area contributed by atoms with Crippen molar-refractivity contribution >= 4 is 16.8 Å². The van der Waals surface area contributed by atoms with Gasteiger partial charge in [0.15, 0.2) is 11.5 Å². The summed E-state index contributed by atoms with van der Waals surface area (Å²) in [6.45, 7) is -0.503. The van der Waals surface area contributed by atoms with Gasteiger partial charge in [0.1, 0.15) is 6.61 Å². The zero-order valence-electron chi connectivity index (χ0n) is 20.2. The second-order valence-electron chi connectivity index (χ2n) is 8.25. The molecule has 0 bridgehead atoms. The van der Waals surface area contributed by atoms with Crippen LogP contribution in [0.1, 0.15) is 21.5 Å². The van der Waals surface area contributed by atoms with E-state index in [1.807, 2.05) is 48.7 Å². The maximum atomic E-state index is 13.3. The van der Waals surface area contributed by atoms with E-state index in [0.29, 0.717) is 29.0 Å². The van der Waals surface area contributed by atoms with Gasteiger partial charge in [-0.2, -0.15) is 0 Å². The Morgan fingerprint density at radius 2 is 1.81 bits per heavy atom. The standard InChI is InChI=1S/C29H28N2O5/c1-35-27-10-9-20(16-28(27)36-2)21-12-19(6-5-11-32)13-22(14-21)29(34)31-24(18-33)15-23-17-30-26-8-4-3-7-25(23)26/h3-4,7-10,12-14,16-17,24,30,32-33H,11,15,18H2,1-2H3,(H,31,34)/t24-/m1/s1. The van der Waals surface area contributed by atoms with Crippen LogP contribution in [0.25, 0.3) is 22.0 Å². The number of amides is 1. The first kappa shape index (κ1) is 24.9. The number of aliphatic hydroxyl groups excluding tert-OH is 2. The lowest BCUT2D eigenvalue weighted by Gasteiger charge is -2.17. The van der Waals surface area contributed by atoms with Gasteiger partial charge in [0.25, 0.3) is 5.91 Å². The quantitative estimate of drug-likeness (QED) is 0.287. The second kappa shape index (κ2) is 11.5. The molecule has 1 heterocycles. The minimum Gasteiger partial charge on any atom is -0.493 e. The Bertz CT molecular complexity index is 1430. The number of aromatic amines is 1. The Balaban J connectivity index is 1.63. The van der Waals surface area contributed by atoms with E-state index in [-0.39, 0.29) is 19.1 Å². The molecule has 0 fully saturated rings. The molecular formula is C29H28N2O5. The van der Waals surface area contributed by atoms with Crippen LogP contribution in [0.5, 0.6) is 11.5 Å². The van der Waals surface area contributed by atoms with Crippen LogP contribution < -0.4 is 14.8 Å². The Morgan fingerprint density at radius 3 is 2.56 bits per heavy atom. The van der Waals surface area contributed by atoms with Crippen LogP contribution in [0.2, 0.25) is 0 Å². The lowest BCUT2D eigenvalue weighted by molar-refractivity contribution is 0.0916. The van der Waals surface area contributed by atoms with E-state index in [9.17, 15) is 9.90 Å². The smallest absolute Gasteiger partial charge is 0.251 e. The third-order valence-electron chi connectivity index (χ3n) is 5.92. The normalized spacial score (nSPS) is 11.4. The molecular weight excluding hydrogens is 456 g/mol. The summed E-state index contributed by atoms with van der Waals surface area (Å²) in [5.41, 5.74) is 4.55. The molecule has 0 radical (unpaired) electrons. The number of ether oxygens (including phenoxy) is 2. The fraction of sp³-hybridized carbons (Fsp3) is 0.207. The average Bonchev–Trinajstić information content (AvgIpc) is 3.33. The van der Waals surface area contributed by atoms with E-state index in [4.69, 9.17) is 14.6 Å². The molecule has 0 saturated heterocycles. The Labute approximate surface area is 209 Å². The van der Waals surface area contributed by atoms with Crippen LogP contribution in [-0.2, 0) is 6.42 Å². The Morgan fingerprint density at radius 1 is 1.00 bits per heavy atom. The number of aromatic nitrogens is 1. The zero-order chi connectivity index (χ0) is 25.5. The maximum absolute atomic E-state index is 13.3. The van der Waals surface area contributed by atoms with E-state index in [0.717, 1.165) is 27.6 Å². The van der Waals surface area contributed by atoms with Crippen molar-refractivity contribution in [2.45, 2.75) is 12.5 Å². The van der Waals surface area contributed by atoms with Gasteiger partial charge in [-0.3, -0.25) is 4.79 Å². The van der Waals surface area contributed by atoms with Crippen LogP contribution in [0, 0.1) is 11.8 Å². The van der Waals surface area contributed by atoms with Gasteiger partial charge in [-0.1, -0.05) is 36.1 Å². The number of benzene rings is 3. The van der Waals surface area contributed by atoms with Crippen LogP contribution >= 0.6 is 0 Å². The van der Waals surface area contributed by atoms with Gasteiger partial charge in [0.2, 0.25) is 0 Å². The second-order valence-corrected chi connectivity index (χ2v) is 8.25. The Kier molecular flexibility index (Phi) is 7.91. The summed E-state index contributed by atoms with van der Waals surface area (Å²) in [4.78, 5) is 16.5. The highest BCUT2D eigenvalue weighted by Gasteiger charge is 2.17. The van der Waals surface area contributed by atoms with E-state index in [1.165, 1.54) is 0 Å². The molecule has 0 aliphatic heterocycles. The molecule has 184 valence electrons. The number of aliphatic hydroxyl groups is 2. The molecule has 4 N–H and O–H groups in total. The summed E-state index contributed by atoms with van der Waals surface area (Å²) in [6.07, 6.45) is 2.37. The first-order valence-corrected chi connectivity index (χ1v) is 11.5. The van der Waals surface area contributed by atoms with Crippen molar-refractivity contribution in [2.24, 2.45) is 0 Å². The lowest BCUT2D eigenvalue weighted by Crippen LogP contribution is -2.39. The van der Waals surface area contributed by atoms with Crippen LogP contribution in [-0.4, -0.2) is 54.6 Å². The molecule has 0 aliphatic carbocycles. The highest BCUT2D eigenvalue weighted by atomic mass is 16.5. The summed E-state index contributed by atoms with van der Waals surface area (Å²) >= 11 is 0. The van der Waals surface area contributed by atoms with Gasteiger partial charge in [0.05, 0.1) is 26.9 Å². The molecule has 0 unspecified atom stereocenters. The first-order chi connectivity index (χ1) is 17.6. The summed E-state index contributed by atoms with van der Waals surface area (Å²) < 4.78 is 10.7. The number of rotatable bonds is 8. The van der Waals surface area contributed by atoms with Gasteiger partial charge < -0.3 is 30.0 Å². The molecule has 36 heavy (non-hydrogen) atoms. The number of hydrogen-bond donors (Lipinski definition) is 4. The van der Waals surface area contributed by atoms with Crippen LogP contribution in [0.3, 0.4) is 0 Å². The Hall–Kier alpha value is -4.25. The topological polar surface area (TPSA) is 104 Å². The molecule has 0 aliphatic rings. The van der Waals surface area contributed by atoms with Crippen molar-refractivity contribution in [3.63, 3.8) is 0 Å². The molecule has 0 spiro atoms. The average molecular weight is 485 g/mol. The number of nitrogens with one attached hydrogen (secondary N) is 2. The van der Waals surface area contributed by atoms with Crippen molar-refractivity contribution in [1.82, 2.24) is 10.3 Å². The molecule has 1 atom stereocenters. The van der Waals surface area contributed by atoms with E-state index in [1.54, 1.807) is 32.4 Å². The number of carbonyl (C=O) groups excluding carboxylic acids is 1. The number of carbonyl (C=O) groups is 1. The van der Waals surface area contributed by atoms with Gasteiger partial charge in [-0.15, -0.1) is 0 Å². The fourth-order valence-corrected chi connectivity index (χ4v) is 4.15. The fourth-order valence-electron chi connectivity index (χ4n) is 4.15. The van der Waals surface area contributed by atoms with Crippen molar-refractivity contribution in [3.8, 4) is 34.5 Å². The van der Waals surface area contributed by atoms with Crippen LogP contribution in [0.4, 0.5) is 0 Å². The van der Waals surface area contributed by atoms with Crippen molar-refractivity contribution in [2.75, 3.05) is 27.4 Å². The minimum atomic E-state index is -0.478. The van der Waals surface area contributed by atoms with Gasteiger partial charge in [-0.25, -0.2) is 0 Å². The van der Waals surface area contributed by atoms with Crippen LogP contribution in [0.15, 0.2) is 66.9 Å². The summed E-state index contributed by atoms with van der Waals surface area (Å²) in [6, 6.07) is 18.2. The molecule has 1 amide bonds. The third kappa shape index (κ3) is 5.52. The number of para-hydroxylation sites is 1. The summed E-state index contributed by atoms with van der Waals surface area (Å²) in [7, 11) is 3.13. The van der Waals surface area contributed by atoms with E-state index in [2.05, 4.69) is 22.1 Å².